The first kappa shape index (κ1) is 24.1. The highest BCUT2D eigenvalue weighted by molar-refractivity contribution is 7.17. The first-order chi connectivity index (χ1) is 18.0. The highest BCUT2D eigenvalue weighted by atomic mass is 32.1. The molecule has 5 rings (SSSR count). The first-order valence-corrected chi connectivity index (χ1v) is 12.4. The van der Waals surface area contributed by atoms with Crippen LogP contribution in [0.4, 0.5) is 27.8 Å². The van der Waals surface area contributed by atoms with Crippen molar-refractivity contribution in [3.63, 3.8) is 0 Å². The van der Waals surface area contributed by atoms with Crippen LogP contribution in [0.5, 0.6) is 11.6 Å². The van der Waals surface area contributed by atoms with Crippen LogP contribution in [0.2, 0.25) is 0 Å². The zero-order valence-electron chi connectivity index (χ0n) is 19.8. The largest absolute Gasteiger partial charge is 0.465 e. The standard InChI is InChI=1S/C26H24N6O4S/c1-2-22(33)27-18-4-3-5-20(16-18)36-24-23-21(10-15-37-23)29-25(30-24)28-17-6-8-19(9-7-17)31-11-13-32(14-12-31)26(34)35/h2-10,15-16H,1,11-14H2,(H,27,33)(H,34,35)(H,28,29,30). The number of benzene rings is 2. The summed E-state index contributed by atoms with van der Waals surface area (Å²) < 4.78 is 6.91. The van der Waals surface area contributed by atoms with Gasteiger partial charge in [-0.25, -0.2) is 9.78 Å². The van der Waals surface area contributed by atoms with E-state index in [1.165, 1.54) is 22.3 Å². The van der Waals surface area contributed by atoms with Crippen molar-refractivity contribution in [3.8, 4) is 11.6 Å². The number of carbonyl (C=O) groups is 2. The quantitative estimate of drug-likeness (QED) is 0.289. The van der Waals surface area contributed by atoms with E-state index in [0.29, 0.717) is 49.4 Å². The summed E-state index contributed by atoms with van der Waals surface area (Å²) in [5.74, 6) is 1.01. The summed E-state index contributed by atoms with van der Waals surface area (Å²) in [6, 6.07) is 16.8. The number of rotatable bonds is 7. The molecule has 2 aromatic heterocycles. The Morgan fingerprint density at radius 2 is 1.81 bits per heavy atom. The monoisotopic (exact) mass is 516 g/mol. The van der Waals surface area contributed by atoms with Crippen LogP contribution >= 0.6 is 11.3 Å². The molecule has 37 heavy (non-hydrogen) atoms. The Morgan fingerprint density at radius 1 is 1.03 bits per heavy atom. The summed E-state index contributed by atoms with van der Waals surface area (Å²) in [4.78, 5) is 35.6. The molecular weight excluding hydrogens is 492 g/mol. The van der Waals surface area contributed by atoms with Crippen molar-refractivity contribution in [2.75, 3.05) is 41.7 Å². The number of nitrogens with zero attached hydrogens (tertiary/aromatic N) is 4. The molecule has 2 amide bonds. The molecule has 10 nitrogen and oxygen atoms in total. The Hall–Kier alpha value is -4.64. The van der Waals surface area contributed by atoms with E-state index in [-0.39, 0.29) is 5.91 Å². The van der Waals surface area contributed by atoms with Crippen molar-refractivity contribution in [3.05, 3.63) is 72.6 Å². The summed E-state index contributed by atoms with van der Waals surface area (Å²) in [6.07, 6.45) is 0.328. The van der Waals surface area contributed by atoms with Gasteiger partial charge in [-0.15, -0.1) is 11.3 Å². The SMILES string of the molecule is C=CC(=O)Nc1cccc(Oc2nc(Nc3ccc(N4CCN(C(=O)O)CC4)cc3)nc3ccsc23)c1. The molecule has 1 saturated heterocycles. The number of anilines is 4. The summed E-state index contributed by atoms with van der Waals surface area (Å²) in [5.41, 5.74) is 3.17. The Kier molecular flexibility index (Phi) is 6.86. The molecule has 3 N–H and O–H groups in total. The van der Waals surface area contributed by atoms with Gasteiger partial charge in [0.05, 0.1) is 5.52 Å². The topological polar surface area (TPSA) is 120 Å². The van der Waals surface area contributed by atoms with E-state index in [1.807, 2.05) is 35.7 Å². The molecule has 1 fully saturated rings. The van der Waals surface area contributed by atoms with Gasteiger partial charge in [0.25, 0.3) is 0 Å². The summed E-state index contributed by atoms with van der Waals surface area (Å²) in [6.45, 7) is 5.73. The average Bonchev–Trinajstić information content (AvgIpc) is 3.38. The van der Waals surface area contributed by atoms with Crippen LogP contribution in [0.15, 0.2) is 72.6 Å². The van der Waals surface area contributed by atoms with Gasteiger partial charge in [0.2, 0.25) is 17.7 Å². The molecule has 4 aromatic rings. The van der Waals surface area contributed by atoms with E-state index in [9.17, 15) is 9.59 Å². The Morgan fingerprint density at radius 3 is 2.54 bits per heavy atom. The third kappa shape index (κ3) is 5.62. The fraction of sp³-hybridized carbons (Fsp3) is 0.154. The van der Waals surface area contributed by atoms with Gasteiger partial charge in [0, 0.05) is 49.3 Å². The zero-order chi connectivity index (χ0) is 25.8. The average molecular weight is 517 g/mol. The predicted octanol–water partition coefficient (Wildman–Crippen LogP) is 5.15. The van der Waals surface area contributed by atoms with E-state index in [1.54, 1.807) is 24.3 Å². The molecule has 0 bridgehead atoms. The zero-order valence-corrected chi connectivity index (χ0v) is 20.6. The minimum absolute atomic E-state index is 0.306. The molecule has 0 radical (unpaired) electrons. The lowest BCUT2D eigenvalue weighted by atomic mass is 10.2. The number of piperazine rings is 1. The van der Waals surface area contributed by atoms with Crippen molar-refractivity contribution in [2.24, 2.45) is 0 Å². The normalized spacial score (nSPS) is 13.3. The van der Waals surface area contributed by atoms with Gasteiger partial charge in [-0.1, -0.05) is 12.6 Å². The second kappa shape index (κ2) is 10.5. The van der Waals surface area contributed by atoms with E-state index < -0.39 is 6.09 Å². The summed E-state index contributed by atoms with van der Waals surface area (Å²) in [5, 5.41) is 17.0. The lowest BCUT2D eigenvalue weighted by Gasteiger charge is -2.34. The number of nitrogens with one attached hydrogen (secondary N) is 2. The fourth-order valence-corrected chi connectivity index (χ4v) is 4.70. The molecule has 188 valence electrons. The van der Waals surface area contributed by atoms with Gasteiger partial charge >= 0.3 is 6.09 Å². The number of fused-ring (bicyclic) bond motifs is 1. The number of thiophene rings is 1. The maximum absolute atomic E-state index is 11.6. The van der Waals surface area contributed by atoms with Gasteiger partial charge in [-0.3, -0.25) is 4.79 Å². The molecule has 11 heteroatoms. The highest BCUT2D eigenvalue weighted by Gasteiger charge is 2.20. The smallest absolute Gasteiger partial charge is 0.407 e. The third-order valence-corrected chi connectivity index (χ3v) is 6.70. The van der Waals surface area contributed by atoms with Gasteiger partial charge in [0.15, 0.2) is 0 Å². The van der Waals surface area contributed by atoms with Gasteiger partial charge in [0.1, 0.15) is 10.4 Å². The molecule has 0 aliphatic carbocycles. The molecule has 0 atom stereocenters. The van der Waals surface area contributed by atoms with Crippen LogP contribution in [-0.4, -0.2) is 58.2 Å². The Balaban J connectivity index is 1.31. The van der Waals surface area contributed by atoms with Crippen LogP contribution in [0.1, 0.15) is 0 Å². The van der Waals surface area contributed by atoms with E-state index >= 15 is 0 Å². The van der Waals surface area contributed by atoms with Crippen LogP contribution < -0.4 is 20.3 Å². The number of aromatic nitrogens is 2. The van der Waals surface area contributed by atoms with Crippen molar-refractivity contribution in [2.45, 2.75) is 0 Å². The molecule has 0 unspecified atom stereocenters. The minimum atomic E-state index is -0.877. The van der Waals surface area contributed by atoms with Gasteiger partial charge < -0.3 is 30.3 Å². The molecule has 1 aliphatic heterocycles. The second-order valence-electron chi connectivity index (χ2n) is 8.24. The predicted molar refractivity (Wildman–Crippen MR) is 144 cm³/mol. The van der Waals surface area contributed by atoms with Gasteiger partial charge in [-0.05, 0) is 53.9 Å². The summed E-state index contributed by atoms with van der Waals surface area (Å²) >= 11 is 1.48. The van der Waals surface area contributed by atoms with Crippen LogP contribution in [0, 0.1) is 0 Å². The molecule has 1 aliphatic rings. The third-order valence-electron chi connectivity index (χ3n) is 5.81. The van der Waals surface area contributed by atoms with Crippen molar-refractivity contribution in [1.82, 2.24) is 14.9 Å². The number of amides is 2. The Bertz CT molecular complexity index is 1450. The maximum Gasteiger partial charge on any atom is 0.407 e. The summed E-state index contributed by atoms with van der Waals surface area (Å²) in [7, 11) is 0. The fourth-order valence-electron chi connectivity index (χ4n) is 3.94. The van der Waals surface area contributed by atoms with E-state index in [4.69, 9.17) is 9.84 Å². The maximum atomic E-state index is 11.6. The number of carboxylic acid groups (broad SMARTS) is 1. The van der Waals surface area contributed by atoms with Crippen molar-refractivity contribution in [1.29, 1.82) is 0 Å². The lowest BCUT2D eigenvalue weighted by Crippen LogP contribution is -2.48. The molecule has 0 spiro atoms. The van der Waals surface area contributed by atoms with Crippen LogP contribution in [0.25, 0.3) is 10.2 Å². The molecular formula is C26H24N6O4S. The lowest BCUT2D eigenvalue weighted by molar-refractivity contribution is -0.111. The highest BCUT2D eigenvalue weighted by Crippen LogP contribution is 2.34. The minimum Gasteiger partial charge on any atom is -0.465 e. The second-order valence-corrected chi connectivity index (χ2v) is 9.16. The Labute approximate surface area is 216 Å². The van der Waals surface area contributed by atoms with E-state index in [0.717, 1.165) is 21.6 Å². The molecule has 0 saturated carbocycles. The van der Waals surface area contributed by atoms with E-state index in [2.05, 4.69) is 32.1 Å². The first-order valence-electron chi connectivity index (χ1n) is 11.5. The van der Waals surface area contributed by atoms with Crippen molar-refractivity contribution >= 4 is 56.6 Å². The molecule has 3 heterocycles. The number of carbonyl (C=O) groups excluding carboxylic acids is 1. The van der Waals surface area contributed by atoms with Crippen molar-refractivity contribution < 1.29 is 19.4 Å². The van der Waals surface area contributed by atoms with Crippen LogP contribution in [0.3, 0.4) is 0 Å². The van der Waals surface area contributed by atoms with Gasteiger partial charge in [-0.2, -0.15) is 4.98 Å². The number of hydrogen-bond acceptors (Lipinski definition) is 8. The molecule has 2 aromatic carbocycles. The number of ether oxygens (including phenoxy) is 1. The number of hydrogen-bond donors (Lipinski definition) is 3. The van der Waals surface area contributed by atoms with Crippen LogP contribution in [-0.2, 0) is 4.79 Å².